The van der Waals surface area contributed by atoms with Crippen LogP contribution in [0.3, 0.4) is 0 Å². The molecule has 0 unspecified atom stereocenters. The van der Waals surface area contributed by atoms with Crippen LogP contribution >= 0.6 is 0 Å². The number of hydrogen-bond acceptors (Lipinski definition) is 4. The number of hydrogen-bond donors (Lipinski definition) is 3. The topological polar surface area (TPSA) is 95.9 Å². The van der Waals surface area contributed by atoms with Gasteiger partial charge in [0.05, 0.1) is 13.2 Å². The van der Waals surface area contributed by atoms with Crippen LogP contribution in [0.25, 0.3) is 0 Å². The number of amides is 1. The van der Waals surface area contributed by atoms with Crippen LogP contribution in [0.15, 0.2) is 0 Å². The highest BCUT2D eigenvalue weighted by atomic mass is 16.5. The summed E-state index contributed by atoms with van der Waals surface area (Å²) in [5, 5.41) is 18.6. The Morgan fingerprint density at radius 1 is 1.71 bits per heavy atom. The van der Waals surface area contributed by atoms with Crippen molar-refractivity contribution in [3.05, 3.63) is 0 Å². The summed E-state index contributed by atoms with van der Waals surface area (Å²) in [6, 6.07) is -0.641. The van der Waals surface area contributed by atoms with Gasteiger partial charge >= 0.3 is 5.97 Å². The first-order valence-corrected chi connectivity index (χ1v) is 4.23. The molecule has 82 valence electrons. The van der Waals surface area contributed by atoms with Crippen LogP contribution in [-0.2, 0) is 14.3 Å². The molecule has 1 aliphatic heterocycles. The first kappa shape index (κ1) is 12.9. The van der Waals surface area contributed by atoms with E-state index in [1.807, 2.05) is 0 Å². The lowest BCUT2D eigenvalue weighted by atomic mass is 10.2. The van der Waals surface area contributed by atoms with Gasteiger partial charge in [0.2, 0.25) is 5.91 Å². The van der Waals surface area contributed by atoms with Gasteiger partial charge in [0.25, 0.3) is 0 Å². The number of nitrogens with one attached hydrogen (secondary N) is 1. The maximum absolute atomic E-state index is 10.4. The molecule has 14 heavy (non-hydrogen) atoms. The van der Waals surface area contributed by atoms with Crippen LogP contribution in [0, 0.1) is 0 Å². The Kier molecular flexibility index (Phi) is 6.69. The van der Waals surface area contributed by atoms with Crippen LogP contribution < -0.4 is 5.32 Å². The Hall–Kier alpha value is -1.14. The lowest BCUT2D eigenvalue weighted by molar-refractivity contribution is -0.140. The summed E-state index contributed by atoms with van der Waals surface area (Å²) in [5.41, 5.74) is 0. The zero-order chi connectivity index (χ0) is 11.0. The van der Waals surface area contributed by atoms with Gasteiger partial charge in [-0.2, -0.15) is 0 Å². The monoisotopic (exact) mass is 205 g/mol. The molecule has 0 aromatic carbocycles. The van der Waals surface area contributed by atoms with Crippen LogP contribution in [0.1, 0.15) is 12.8 Å². The smallest absolute Gasteiger partial charge is 0.326 e. The van der Waals surface area contributed by atoms with Crippen LogP contribution in [0.2, 0.25) is 0 Å². The fourth-order valence-electron chi connectivity index (χ4n) is 0.891. The van der Waals surface area contributed by atoms with Gasteiger partial charge in [0, 0.05) is 13.5 Å². The average Bonchev–Trinajstić information content (AvgIpc) is 2.54. The van der Waals surface area contributed by atoms with E-state index < -0.39 is 12.0 Å². The van der Waals surface area contributed by atoms with Crippen LogP contribution in [0.5, 0.6) is 0 Å². The molecule has 0 aliphatic carbocycles. The highest BCUT2D eigenvalue weighted by molar-refractivity contribution is 5.87. The molecule has 1 heterocycles. The maximum Gasteiger partial charge on any atom is 0.326 e. The summed E-state index contributed by atoms with van der Waals surface area (Å²) < 4.78 is 4.44. The average molecular weight is 205 g/mol. The SMILES string of the molecule is COCCO.O=C1CC[C@@H](C(=O)O)N1. The summed E-state index contributed by atoms with van der Waals surface area (Å²) in [7, 11) is 1.55. The van der Waals surface area contributed by atoms with Crippen molar-refractivity contribution in [3.63, 3.8) is 0 Å². The Morgan fingerprint density at radius 3 is 2.50 bits per heavy atom. The number of rotatable bonds is 3. The van der Waals surface area contributed by atoms with Gasteiger partial charge < -0.3 is 20.3 Å². The molecular formula is C8H15NO5. The second-order valence-corrected chi connectivity index (χ2v) is 2.71. The van der Waals surface area contributed by atoms with E-state index in [4.69, 9.17) is 10.2 Å². The standard InChI is InChI=1S/C5H7NO3.C3H8O2/c7-4-2-1-3(6-4)5(8)9;1-5-3-2-4/h3H,1-2H2,(H,6,7)(H,8,9);4H,2-3H2,1H3/t3-;/m0./s1. The van der Waals surface area contributed by atoms with Crippen molar-refractivity contribution >= 4 is 11.9 Å². The molecule has 0 aromatic heterocycles. The molecule has 6 heteroatoms. The lowest BCUT2D eigenvalue weighted by Crippen LogP contribution is -2.32. The number of carboxylic acids is 1. The molecule has 6 nitrogen and oxygen atoms in total. The van der Waals surface area contributed by atoms with Crippen molar-refractivity contribution in [1.82, 2.24) is 5.32 Å². The van der Waals surface area contributed by atoms with Crippen molar-refractivity contribution in [2.24, 2.45) is 0 Å². The van der Waals surface area contributed by atoms with Crippen LogP contribution in [-0.4, -0.2) is 48.5 Å². The van der Waals surface area contributed by atoms with Crippen molar-refractivity contribution in [2.75, 3.05) is 20.3 Å². The van der Waals surface area contributed by atoms with E-state index in [-0.39, 0.29) is 12.5 Å². The first-order valence-electron chi connectivity index (χ1n) is 4.23. The van der Waals surface area contributed by atoms with E-state index >= 15 is 0 Å². The second kappa shape index (κ2) is 7.28. The summed E-state index contributed by atoms with van der Waals surface area (Å²) in [4.78, 5) is 20.5. The van der Waals surface area contributed by atoms with E-state index in [0.717, 1.165) is 0 Å². The number of carbonyl (C=O) groups is 2. The van der Waals surface area contributed by atoms with Crippen molar-refractivity contribution in [1.29, 1.82) is 0 Å². The molecule has 0 spiro atoms. The minimum Gasteiger partial charge on any atom is -0.480 e. The van der Waals surface area contributed by atoms with Gasteiger partial charge in [-0.15, -0.1) is 0 Å². The Bertz CT molecular complexity index is 192. The zero-order valence-corrected chi connectivity index (χ0v) is 8.02. The zero-order valence-electron chi connectivity index (χ0n) is 8.02. The fraction of sp³-hybridized carbons (Fsp3) is 0.750. The van der Waals surface area contributed by atoms with Gasteiger partial charge in [-0.25, -0.2) is 4.79 Å². The molecule has 1 fully saturated rings. The normalized spacial score (nSPS) is 19.6. The molecule has 1 aliphatic rings. The predicted octanol–water partition coefficient (Wildman–Crippen LogP) is -1.03. The minimum absolute atomic E-state index is 0.122. The molecule has 0 aromatic rings. The van der Waals surface area contributed by atoms with Crippen molar-refractivity contribution < 1.29 is 24.5 Å². The molecule has 1 saturated heterocycles. The molecule has 1 atom stereocenters. The number of carbonyl (C=O) groups excluding carboxylic acids is 1. The summed E-state index contributed by atoms with van der Waals surface area (Å²) in [6.45, 7) is 0.566. The maximum atomic E-state index is 10.4. The third-order valence-corrected chi connectivity index (χ3v) is 1.59. The highest BCUT2D eigenvalue weighted by Crippen LogP contribution is 2.05. The summed E-state index contributed by atoms with van der Waals surface area (Å²) >= 11 is 0. The van der Waals surface area contributed by atoms with Gasteiger partial charge in [-0.05, 0) is 6.42 Å². The van der Waals surface area contributed by atoms with Crippen LogP contribution in [0.4, 0.5) is 0 Å². The lowest BCUT2D eigenvalue weighted by Gasteiger charge is -1.99. The van der Waals surface area contributed by atoms with E-state index in [1.54, 1.807) is 7.11 Å². The fourth-order valence-corrected chi connectivity index (χ4v) is 0.891. The van der Waals surface area contributed by atoms with Crippen molar-refractivity contribution in [3.8, 4) is 0 Å². The Balaban J connectivity index is 0.000000292. The molecular weight excluding hydrogens is 190 g/mol. The van der Waals surface area contributed by atoms with Gasteiger partial charge in [0.15, 0.2) is 0 Å². The molecule has 0 bridgehead atoms. The number of methoxy groups -OCH3 is 1. The number of aliphatic carboxylic acids is 1. The summed E-state index contributed by atoms with van der Waals surface area (Å²) in [6.07, 6.45) is 0.769. The molecule has 0 radical (unpaired) electrons. The minimum atomic E-state index is -0.944. The Morgan fingerprint density at radius 2 is 2.36 bits per heavy atom. The number of carboxylic acid groups (broad SMARTS) is 1. The van der Waals surface area contributed by atoms with E-state index in [1.165, 1.54) is 0 Å². The van der Waals surface area contributed by atoms with E-state index in [2.05, 4.69) is 10.1 Å². The van der Waals surface area contributed by atoms with E-state index in [9.17, 15) is 9.59 Å². The van der Waals surface area contributed by atoms with Gasteiger partial charge in [-0.1, -0.05) is 0 Å². The van der Waals surface area contributed by atoms with Gasteiger partial charge in [0.1, 0.15) is 6.04 Å². The number of aliphatic hydroxyl groups excluding tert-OH is 1. The first-order chi connectivity index (χ1) is 6.61. The molecule has 1 rings (SSSR count). The van der Waals surface area contributed by atoms with E-state index in [0.29, 0.717) is 19.4 Å². The molecule has 1 amide bonds. The van der Waals surface area contributed by atoms with Crippen molar-refractivity contribution in [2.45, 2.75) is 18.9 Å². The Labute approximate surface area is 81.9 Å². The third-order valence-electron chi connectivity index (χ3n) is 1.59. The highest BCUT2D eigenvalue weighted by Gasteiger charge is 2.26. The number of ether oxygens (including phenoxy) is 1. The number of aliphatic hydroxyl groups is 1. The van der Waals surface area contributed by atoms with Gasteiger partial charge in [-0.3, -0.25) is 4.79 Å². The molecule has 0 saturated carbocycles. The predicted molar refractivity (Wildman–Crippen MR) is 47.8 cm³/mol. The quantitative estimate of drug-likeness (QED) is 0.547. The molecule has 3 N–H and O–H groups in total. The largest absolute Gasteiger partial charge is 0.480 e. The summed E-state index contributed by atoms with van der Waals surface area (Å²) in [5.74, 6) is -1.11. The second-order valence-electron chi connectivity index (χ2n) is 2.71. The third kappa shape index (κ3) is 5.50.